The summed E-state index contributed by atoms with van der Waals surface area (Å²) in [6, 6.07) is 3.04. The monoisotopic (exact) mass is 272 g/mol. The molecule has 0 saturated carbocycles. The third kappa shape index (κ3) is 2.05. The zero-order valence-electron chi connectivity index (χ0n) is 9.14. The molecule has 2 heterocycles. The van der Waals surface area contributed by atoms with Crippen LogP contribution < -0.4 is 5.56 Å². The highest BCUT2D eigenvalue weighted by Gasteiger charge is 2.17. The molecule has 0 N–H and O–H groups in total. The molecule has 0 aliphatic rings. The molecule has 90 valence electrons. The molecule has 17 heavy (non-hydrogen) atoms. The van der Waals surface area contributed by atoms with E-state index >= 15 is 0 Å². The second-order valence-corrected chi connectivity index (χ2v) is 6.06. The molecule has 0 aliphatic heterocycles. The van der Waals surface area contributed by atoms with E-state index in [1.165, 1.54) is 23.6 Å². The number of pyridine rings is 1. The van der Waals surface area contributed by atoms with Gasteiger partial charge in [-0.15, -0.1) is 0 Å². The molecule has 7 heteroatoms. The average Bonchev–Trinajstić information content (AvgIpc) is 2.22. The Kier molecular flexibility index (Phi) is 2.71. The van der Waals surface area contributed by atoms with Crippen LogP contribution >= 0.6 is 11.6 Å². The van der Waals surface area contributed by atoms with E-state index < -0.39 is 15.4 Å². The van der Waals surface area contributed by atoms with E-state index in [9.17, 15) is 13.2 Å². The third-order valence-corrected chi connectivity index (χ3v) is 3.64. The summed E-state index contributed by atoms with van der Waals surface area (Å²) in [6.45, 7) is 1.43. The summed E-state index contributed by atoms with van der Waals surface area (Å²) in [5.74, 6) is 0. The van der Waals surface area contributed by atoms with Crippen LogP contribution in [0.3, 0.4) is 0 Å². The van der Waals surface area contributed by atoms with Gasteiger partial charge in [0.15, 0.2) is 14.9 Å². The summed E-state index contributed by atoms with van der Waals surface area (Å²) in [6.07, 6.45) is 2.43. The quantitative estimate of drug-likeness (QED) is 0.728. The number of hydrogen-bond acceptors (Lipinski definition) is 4. The van der Waals surface area contributed by atoms with Crippen molar-refractivity contribution in [1.29, 1.82) is 0 Å². The summed E-state index contributed by atoms with van der Waals surface area (Å²) in [5.41, 5.74) is -0.0874. The minimum atomic E-state index is -3.52. The Hall–Kier alpha value is -1.40. The molecule has 2 aromatic rings. The van der Waals surface area contributed by atoms with Gasteiger partial charge < -0.3 is 0 Å². The van der Waals surface area contributed by atoms with E-state index in [1.807, 2.05) is 0 Å². The van der Waals surface area contributed by atoms with Gasteiger partial charge in [-0.1, -0.05) is 11.6 Å². The molecule has 0 fully saturated rings. The number of hydrogen-bond donors (Lipinski definition) is 0. The summed E-state index contributed by atoms with van der Waals surface area (Å²) >= 11 is 5.77. The van der Waals surface area contributed by atoms with Crippen LogP contribution in [0.1, 0.15) is 5.56 Å². The topological polar surface area (TPSA) is 68.5 Å². The largest absolute Gasteiger partial charge is 0.269 e. The highest BCUT2D eigenvalue weighted by molar-refractivity contribution is 7.90. The number of sulfone groups is 1. The first-order chi connectivity index (χ1) is 7.80. The fourth-order valence-corrected chi connectivity index (χ4v) is 2.61. The van der Waals surface area contributed by atoms with Crippen molar-refractivity contribution in [3.05, 3.63) is 39.3 Å². The Labute approximate surface area is 103 Å². The average molecular weight is 273 g/mol. The number of nitrogens with zero attached hydrogens (tertiary/aromatic N) is 2. The molecular formula is C10H9ClN2O3S. The molecule has 0 amide bonds. The molecule has 0 atom stereocenters. The van der Waals surface area contributed by atoms with Crippen molar-refractivity contribution in [3.8, 4) is 0 Å². The van der Waals surface area contributed by atoms with Crippen molar-refractivity contribution in [2.24, 2.45) is 0 Å². The van der Waals surface area contributed by atoms with Gasteiger partial charge in [0.1, 0.15) is 5.65 Å². The molecule has 0 spiro atoms. The fourth-order valence-electron chi connectivity index (χ4n) is 1.54. The molecule has 5 nitrogen and oxygen atoms in total. The highest BCUT2D eigenvalue weighted by Crippen LogP contribution is 2.13. The van der Waals surface area contributed by atoms with E-state index in [4.69, 9.17) is 11.6 Å². The van der Waals surface area contributed by atoms with Gasteiger partial charge in [-0.05, 0) is 19.1 Å². The fraction of sp³-hybridized carbons (Fsp3) is 0.200. The van der Waals surface area contributed by atoms with E-state index in [1.54, 1.807) is 6.07 Å². The first-order valence-corrected chi connectivity index (χ1v) is 6.96. The third-order valence-electron chi connectivity index (χ3n) is 2.32. The summed E-state index contributed by atoms with van der Waals surface area (Å²) < 4.78 is 24.2. The lowest BCUT2D eigenvalue weighted by molar-refractivity contribution is 0.597. The van der Waals surface area contributed by atoms with Crippen molar-refractivity contribution in [3.63, 3.8) is 0 Å². The molecule has 0 aliphatic carbocycles. The van der Waals surface area contributed by atoms with E-state index in [0.717, 1.165) is 6.26 Å². The Bertz CT molecular complexity index is 765. The first kappa shape index (κ1) is 12.1. The van der Waals surface area contributed by atoms with Crippen LogP contribution in [0.15, 0.2) is 28.2 Å². The second-order valence-electron chi connectivity index (χ2n) is 3.69. The maximum atomic E-state index is 11.9. The lowest BCUT2D eigenvalue weighted by Gasteiger charge is -2.06. The molecule has 2 aromatic heterocycles. The van der Waals surface area contributed by atoms with Crippen LogP contribution in [0.2, 0.25) is 5.02 Å². The zero-order valence-corrected chi connectivity index (χ0v) is 10.7. The molecule has 2 rings (SSSR count). The molecular weight excluding hydrogens is 264 g/mol. The first-order valence-electron chi connectivity index (χ1n) is 4.69. The predicted molar refractivity (Wildman–Crippen MR) is 64.3 cm³/mol. The van der Waals surface area contributed by atoms with Crippen LogP contribution in [0.25, 0.3) is 5.65 Å². The summed E-state index contributed by atoms with van der Waals surface area (Å²) in [5, 5.41) is 0.192. The van der Waals surface area contributed by atoms with Gasteiger partial charge >= 0.3 is 0 Å². The normalized spacial score (nSPS) is 11.9. The van der Waals surface area contributed by atoms with Crippen molar-refractivity contribution in [1.82, 2.24) is 9.38 Å². The van der Waals surface area contributed by atoms with Crippen LogP contribution in [-0.4, -0.2) is 24.1 Å². The van der Waals surface area contributed by atoms with Crippen molar-refractivity contribution in [2.45, 2.75) is 11.9 Å². The Morgan fingerprint density at radius 3 is 2.59 bits per heavy atom. The second kappa shape index (κ2) is 3.82. The minimum Gasteiger partial charge on any atom is -0.269 e. The lowest BCUT2D eigenvalue weighted by atomic mass is 10.3. The standard InChI is InChI=1S/C10H9ClN2O3S/c1-6-9(17(2,15)16)12-8-4-3-7(11)5-13(8)10(6)14/h3-5H,1-2H3. The predicted octanol–water partition coefficient (Wildman–Crippen LogP) is 1.06. The van der Waals surface area contributed by atoms with Gasteiger partial charge in [0.05, 0.1) is 10.6 Å². The highest BCUT2D eigenvalue weighted by atomic mass is 35.5. The number of fused-ring (bicyclic) bond motifs is 1. The van der Waals surface area contributed by atoms with Crippen molar-refractivity contribution >= 4 is 27.1 Å². The van der Waals surface area contributed by atoms with Crippen LogP contribution in [0, 0.1) is 6.92 Å². The number of halogens is 1. The van der Waals surface area contributed by atoms with Gasteiger partial charge in [0, 0.05) is 12.5 Å². The van der Waals surface area contributed by atoms with E-state index in [-0.39, 0.29) is 16.2 Å². The maximum Gasteiger partial charge on any atom is 0.262 e. The molecule has 0 bridgehead atoms. The molecule has 0 aromatic carbocycles. The van der Waals surface area contributed by atoms with Gasteiger partial charge in [0.2, 0.25) is 0 Å². The van der Waals surface area contributed by atoms with E-state index in [2.05, 4.69) is 4.98 Å². The smallest absolute Gasteiger partial charge is 0.262 e. The Morgan fingerprint density at radius 2 is 2.00 bits per heavy atom. The van der Waals surface area contributed by atoms with Crippen LogP contribution in [-0.2, 0) is 9.84 Å². The van der Waals surface area contributed by atoms with Gasteiger partial charge in [-0.2, -0.15) is 0 Å². The molecule has 0 unspecified atom stereocenters. The lowest BCUT2D eigenvalue weighted by Crippen LogP contribution is -2.21. The maximum absolute atomic E-state index is 11.9. The van der Waals surface area contributed by atoms with Crippen LogP contribution in [0.5, 0.6) is 0 Å². The van der Waals surface area contributed by atoms with Gasteiger partial charge in [-0.25, -0.2) is 13.4 Å². The Morgan fingerprint density at radius 1 is 1.35 bits per heavy atom. The molecule has 0 radical (unpaired) electrons. The molecule has 0 saturated heterocycles. The number of aromatic nitrogens is 2. The number of rotatable bonds is 1. The van der Waals surface area contributed by atoms with Gasteiger partial charge in [0.25, 0.3) is 5.56 Å². The summed E-state index contributed by atoms with van der Waals surface area (Å²) in [7, 11) is -3.52. The zero-order chi connectivity index (χ0) is 12.8. The van der Waals surface area contributed by atoms with Gasteiger partial charge in [-0.3, -0.25) is 9.20 Å². The summed E-state index contributed by atoms with van der Waals surface area (Å²) in [4.78, 5) is 15.9. The van der Waals surface area contributed by atoms with Crippen molar-refractivity contribution in [2.75, 3.05) is 6.26 Å². The van der Waals surface area contributed by atoms with Crippen LogP contribution in [0.4, 0.5) is 0 Å². The minimum absolute atomic E-state index is 0.0901. The Balaban J connectivity index is 3.00. The van der Waals surface area contributed by atoms with E-state index in [0.29, 0.717) is 5.02 Å². The van der Waals surface area contributed by atoms with Crippen molar-refractivity contribution < 1.29 is 8.42 Å². The SMILES string of the molecule is Cc1c(S(C)(=O)=O)nc2ccc(Cl)cn2c1=O.